The Hall–Kier alpha value is -0.570. The second-order valence-electron chi connectivity index (χ2n) is 5.04. The largest absolute Gasteiger partial charge is 0.381 e. The Bertz CT molecular complexity index is 372. The lowest BCUT2D eigenvalue weighted by atomic mass is 9.82. The van der Waals surface area contributed by atoms with Gasteiger partial charge >= 0.3 is 0 Å². The maximum atomic E-state index is 12.1. The summed E-state index contributed by atoms with van der Waals surface area (Å²) < 4.78 is 12.1. The lowest BCUT2D eigenvalue weighted by Crippen LogP contribution is -2.41. The fourth-order valence-corrected chi connectivity index (χ4v) is 4.39. The van der Waals surface area contributed by atoms with Crippen LogP contribution in [0.3, 0.4) is 0 Å². The first-order valence-electron chi connectivity index (χ1n) is 6.42. The van der Waals surface area contributed by atoms with Crippen molar-refractivity contribution in [3.63, 3.8) is 0 Å². The molecule has 0 radical (unpaired) electrons. The van der Waals surface area contributed by atoms with Crippen LogP contribution >= 0.6 is 0 Å². The average molecular weight is 237 g/mol. The van der Waals surface area contributed by atoms with Crippen LogP contribution in [0.25, 0.3) is 0 Å². The first kappa shape index (κ1) is 10.6. The molecule has 3 rings (SSSR count). The highest BCUT2D eigenvalue weighted by Gasteiger charge is 2.31. The smallest absolute Gasteiger partial charge is 0.0580 e. The van der Waals surface area contributed by atoms with Crippen molar-refractivity contribution >= 4 is 10.8 Å². The first-order chi connectivity index (χ1) is 7.84. The molecule has 2 aliphatic heterocycles. The normalized spacial score (nSPS) is 38.4. The van der Waals surface area contributed by atoms with Crippen LogP contribution in [0.1, 0.15) is 38.5 Å². The van der Waals surface area contributed by atoms with Crippen LogP contribution in [0.15, 0.2) is 22.8 Å². The van der Waals surface area contributed by atoms with Crippen LogP contribution < -0.4 is 5.32 Å². The number of fused-ring (bicyclic) bond motifs is 2. The molecule has 3 heteroatoms. The molecule has 0 aromatic rings. The van der Waals surface area contributed by atoms with E-state index in [1.165, 1.54) is 31.4 Å². The predicted molar refractivity (Wildman–Crippen MR) is 67.3 cm³/mol. The van der Waals surface area contributed by atoms with E-state index in [1.807, 2.05) is 0 Å². The molecule has 88 valence electrons. The highest BCUT2D eigenvalue weighted by molar-refractivity contribution is 7.89. The van der Waals surface area contributed by atoms with Gasteiger partial charge in [0.15, 0.2) is 0 Å². The molecule has 0 aromatic carbocycles. The van der Waals surface area contributed by atoms with Gasteiger partial charge < -0.3 is 5.32 Å². The summed E-state index contributed by atoms with van der Waals surface area (Å²) in [6.07, 6.45) is 11.9. The molecule has 0 bridgehead atoms. The summed E-state index contributed by atoms with van der Waals surface area (Å²) in [6, 6.07) is 0.610. The Labute approximate surface area is 99.6 Å². The van der Waals surface area contributed by atoms with E-state index in [4.69, 9.17) is 0 Å². The summed E-state index contributed by atoms with van der Waals surface area (Å²) in [4.78, 5) is 1.10. The Morgan fingerprint density at radius 1 is 1.25 bits per heavy atom. The van der Waals surface area contributed by atoms with Crippen molar-refractivity contribution in [1.29, 1.82) is 0 Å². The van der Waals surface area contributed by atoms with E-state index in [-0.39, 0.29) is 0 Å². The van der Waals surface area contributed by atoms with Gasteiger partial charge in [-0.05, 0) is 31.6 Å². The molecule has 3 aliphatic rings. The molecule has 1 N–H and O–H groups in total. The lowest BCUT2D eigenvalue weighted by Gasteiger charge is -2.36. The number of hydrogen-bond donors (Lipinski definition) is 1. The van der Waals surface area contributed by atoms with Gasteiger partial charge in [0.2, 0.25) is 0 Å². The van der Waals surface area contributed by atoms with E-state index in [0.717, 1.165) is 23.5 Å². The standard InChI is InChI=1S/C13H19NOS/c15-16-8-4-3-7-12-13(16)9-10-5-1-2-6-11(10)14-12/h7,9-11,14H,1-6,8H2. The Morgan fingerprint density at radius 3 is 3.06 bits per heavy atom. The average Bonchev–Trinajstić information content (AvgIpc) is 2.49. The van der Waals surface area contributed by atoms with Crippen LogP contribution in [0.5, 0.6) is 0 Å². The van der Waals surface area contributed by atoms with Gasteiger partial charge in [0, 0.05) is 17.5 Å². The van der Waals surface area contributed by atoms with Crippen LogP contribution in [0.4, 0.5) is 0 Å². The molecule has 0 aromatic heterocycles. The third-order valence-electron chi connectivity index (χ3n) is 3.92. The number of rotatable bonds is 0. The fourth-order valence-electron chi connectivity index (χ4n) is 3.02. The Balaban J connectivity index is 1.94. The van der Waals surface area contributed by atoms with Gasteiger partial charge in [0.1, 0.15) is 0 Å². The highest BCUT2D eigenvalue weighted by Crippen LogP contribution is 2.34. The highest BCUT2D eigenvalue weighted by atomic mass is 32.2. The number of allylic oxidation sites excluding steroid dienone is 1. The summed E-state index contributed by atoms with van der Waals surface area (Å²) in [6.45, 7) is 0. The molecule has 1 saturated carbocycles. The molecule has 3 unspecified atom stereocenters. The van der Waals surface area contributed by atoms with E-state index in [2.05, 4.69) is 17.5 Å². The van der Waals surface area contributed by atoms with Gasteiger partial charge in [-0.15, -0.1) is 0 Å². The van der Waals surface area contributed by atoms with Crippen molar-refractivity contribution in [3.05, 3.63) is 22.8 Å². The van der Waals surface area contributed by atoms with Crippen molar-refractivity contribution in [2.45, 2.75) is 44.6 Å². The quantitative estimate of drug-likeness (QED) is 0.701. The van der Waals surface area contributed by atoms with Gasteiger partial charge in [-0.3, -0.25) is 4.21 Å². The molecule has 16 heavy (non-hydrogen) atoms. The van der Waals surface area contributed by atoms with Gasteiger partial charge in [0.05, 0.1) is 15.7 Å². The SMILES string of the molecule is O=S1CCCC=C2NC3CCCCC3C=C21. The summed E-state index contributed by atoms with van der Waals surface area (Å²) in [5.74, 6) is 1.47. The molecular weight excluding hydrogens is 218 g/mol. The molecule has 3 atom stereocenters. The predicted octanol–water partition coefficient (Wildman–Crippen LogP) is 2.46. The van der Waals surface area contributed by atoms with E-state index in [1.54, 1.807) is 0 Å². The molecular formula is C13H19NOS. The van der Waals surface area contributed by atoms with Crippen molar-refractivity contribution in [2.75, 3.05) is 5.75 Å². The first-order valence-corrected chi connectivity index (χ1v) is 7.74. The van der Waals surface area contributed by atoms with Crippen molar-refractivity contribution in [2.24, 2.45) is 5.92 Å². The lowest BCUT2D eigenvalue weighted by molar-refractivity contribution is 0.317. The van der Waals surface area contributed by atoms with E-state index < -0.39 is 10.8 Å². The monoisotopic (exact) mass is 237 g/mol. The van der Waals surface area contributed by atoms with Crippen LogP contribution in [-0.4, -0.2) is 16.0 Å². The molecule has 2 nitrogen and oxygen atoms in total. The van der Waals surface area contributed by atoms with E-state index in [9.17, 15) is 4.21 Å². The summed E-state index contributed by atoms with van der Waals surface area (Å²) in [5, 5.41) is 3.63. The number of nitrogens with one attached hydrogen (secondary N) is 1. The molecule has 1 aliphatic carbocycles. The maximum absolute atomic E-state index is 12.1. The van der Waals surface area contributed by atoms with Crippen LogP contribution in [-0.2, 0) is 10.8 Å². The molecule has 0 saturated heterocycles. The molecule has 1 fully saturated rings. The third kappa shape index (κ3) is 1.86. The third-order valence-corrected chi connectivity index (χ3v) is 5.42. The molecule has 0 amide bonds. The number of hydrogen-bond acceptors (Lipinski definition) is 2. The van der Waals surface area contributed by atoms with Crippen molar-refractivity contribution in [3.8, 4) is 0 Å². The maximum Gasteiger partial charge on any atom is 0.0580 e. The van der Waals surface area contributed by atoms with Gasteiger partial charge in [-0.1, -0.05) is 25.0 Å². The molecule has 0 spiro atoms. The minimum Gasteiger partial charge on any atom is -0.381 e. The summed E-state index contributed by atoms with van der Waals surface area (Å²) >= 11 is 0. The zero-order chi connectivity index (χ0) is 11.0. The topological polar surface area (TPSA) is 29.1 Å². The second-order valence-corrected chi connectivity index (χ2v) is 6.58. The minimum atomic E-state index is -0.759. The van der Waals surface area contributed by atoms with Gasteiger partial charge in [-0.25, -0.2) is 0 Å². The zero-order valence-corrected chi connectivity index (χ0v) is 10.4. The molecule has 2 heterocycles. The van der Waals surface area contributed by atoms with Crippen LogP contribution in [0.2, 0.25) is 0 Å². The summed E-state index contributed by atoms with van der Waals surface area (Å²) in [7, 11) is -0.759. The Kier molecular flexibility index (Phi) is 2.88. The van der Waals surface area contributed by atoms with Gasteiger partial charge in [0.25, 0.3) is 0 Å². The zero-order valence-electron chi connectivity index (χ0n) is 9.58. The summed E-state index contributed by atoms with van der Waals surface area (Å²) in [5.41, 5.74) is 1.18. The van der Waals surface area contributed by atoms with Crippen molar-refractivity contribution < 1.29 is 4.21 Å². The van der Waals surface area contributed by atoms with E-state index >= 15 is 0 Å². The minimum absolute atomic E-state index is 0.610. The van der Waals surface area contributed by atoms with Gasteiger partial charge in [-0.2, -0.15) is 0 Å². The van der Waals surface area contributed by atoms with Crippen molar-refractivity contribution in [1.82, 2.24) is 5.32 Å². The Morgan fingerprint density at radius 2 is 2.12 bits per heavy atom. The van der Waals surface area contributed by atoms with Crippen LogP contribution in [0, 0.1) is 5.92 Å². The fraction of sp³-hybridized carbons (Fsp3) is 0.692. The second kappa shape index (κ2) is 4.36. The van der Waals surface area contributed by atoms with E-state index in [0.29, 0.717) is 12.0 Å².